The number of anilines is 1. The van der Waals surface area contributed by atoms with E-state index in [4.69, 9.17) is 4.74 Å². The predicted molar refractivity (Wildman–Crippen MR) is 159 cm³/mol. The van der Waals surface area contributed by atoms with Crippen molar-refractivity contribution in [2.75, 3.05) is 37.7 Å². The van der Waals surface area contributed by atoms with E-state index in [0.717, 1.165) is 17.2 Å². The van der Waals surface area contributed by atoms with Gasteiger partial charge in [0, 0.05) is 31.9 Å². The number of β-amino-alcohol motifs (C(OH)–C–C–N with tert-alkyl or cyclic N) is 1. The molecule has 218 valence electrons. The molecule has 3 heterocycles. The summed E-state index contributed by atoms with van der Waals surface area (Å²) in [4.78, 5) is 47.9. The molecule has 41 heavy (non-hydrogen) atoms. The Labute approximate surface area is 242 Å². The highest BCUT2D eigenvalue weighted by molar-refractivity contribution is 6.06. The van der Waals surface area contributed by atoms with Crippen molar-refractivity contribution in [3.05, 3.63) is 67.8 Å². The minimum Gasteiger partial charge on any atom is -0.395 e. The van der Waals surface area contributed by atoms with Gasteiger partial charge in [0.2, 0.25) is 11.8 Å². The fraction of sp³-hybridized carbons (Fsp3) is 0.485. The molecule has 1 spiro atoms. The highest BCUT2D eigenvalue weighted by Gasteiger charge is 2.80. The first-order valence-electron chi connectivity index (χ1n) is 14.6. The predicted octanol–water partition coefficient (Wildman–Crippen LogP) is 3.79. The van der Waals surface area contributed by atoms with Crippen LogP contribution in [0.2, 0.25) is 0 Å². The summed E-state index contributed by atoms with van der Waals surface area (Å²) in [6.45, 7) is 14.5. The van der Waals surface area contributed by atoms with Crippen LogP contribution in [0.15, 0.2) is 67.8 Å². The lowest BCUT2D eigenvalue weighted by Crippen LogP contribution is -2.57. The minimum absolute atomic E-state index is 0.0200. The summed E-state index contributed by atoms with van der Waals surface area (Å²) in [6.07, 6.45) is 4.59. The summed E-state index contributed by atoms with van der Waals surface area (Å²) in [5.41, 5.74) is -1.40. The molecule has 3 fully saturated rings. The molecule has 3 saturated heterocycles. The minimum atomic E-state index is -1.18. The molecule has 6 atom stereocenters. The number of amides is 3. The molecule has 8 heteroatoms. The number of ether oxygens (including phenoxy) is 1. The van der Waals surface area contributed by atoms with Gasteiger partial charge in [-0.2, -0.15) is 0 Å². The van der Waals surface area contributed by atoms with Gasteiger partial charge in [-0.25, -0.2) is 0 Å². The molecule has 0 aliphatic carbocycles. The van der Waals surface area contributed by atoms with Gasteiger partial charge in [-0.15, -0.1) is 13.2 Å². The Morgan fingerprint density at radius 2 is 1.83 bits per heavy atom. The second-order valence-electron chi connectivity index (χ2n) is 11.8. The Hall–Kier alpha value is -3.49. The molecule has 1 N–H and O–H groups in total. The summed E-state index contributed by atoms with van der Waals surface area (Å²) < 4.78 is 6.85. The molecular formula is C33H41N3O5. The van der Waals surface area contributed by atoms with Crippen LogP contribution in [0.1, 0.15) is 33.6 Å². The fourth-order valence-electron chi connectivity index (χ4n) is 7.60. The number of benzene rings is 2. The number of carbonyl (C=O) groups excluding carboxylic acids is 3. The number of nitrogens with zero attached hydrogens (tertiary/aromatic N) is 3. The zero-order chi connectivity index (χ0) is 29.5. The summed E-state index contributed by atoms with van der Waals surface area (Å²) >= 11 is 0. The Morgan fingerprint density at radius 3 is 2.49 bits per heavy atom. The first kappa shape index (κ1) is 29.0. The second kappa shape index (κ2) is 11.1. The summed E-state index contributed by atoms with van der Waals surface area (Å²) in [5.74, 6) is -2.37. The monoisotopic (exact) mass is 559 g/mol. The van der Waals surface area contributed by atoms with E-state index in [0.29, 0.717) is 25.2 Å². The van der Waals surface area contributed by atoms with Gasteiger partial charge in [0.25, 0.3) is 5.91 Å². The van der Waals surface area contributed by atoms with Crippen molar-refractivity contribution in [2.45, 2.75) is 50.9 Å². The van der Waals surface area contributed by atoms with Gasteiger partial charge in [0.1, 0.15) is 11.6 Å². The van der Waals surface area contributed by atoms with Crippen molar-refractivity contribution in [2.24, 2.45) is 17.8 Å². The molecule has 5 rings (SSSR count). The molecule has 8 nitrogen and oxygen atoms in total. The highest BCUT2D eigenvalue weighted by Crippen LogP contribution is 2.65. The third kappa shape index (κ3) is 4.39. The summed E-state index contributed by atoms with van der Waals surface area (Å²) in [5, 5.41) is 12.0. The SMILES string of the molecule is C=CCN(CCC)C(=O)[C@@H]1[C@H]2C(=O)N(CCO)C(C(=O)N(CC=C)c3ccc4ccccc4c3)C23CC(C)[C@@]1(C)O3. The number of aliphatic hydroxyl groups is 1. The quantitative estimate of drug-likeness (QED) is 0.423. The Balaban J connectivity index is 1.60. The van der Waals surface area contributed by atoms with E-state index in [1.54, 1.807) is 22.0 Å². The lowest BCUT2D eigenvalue weighted by molar-refractivity contribution is -0.151. The van der Waals surface area contributed by atoms with Crippen molar-refractivity contribution in [1.82, 2.24) is 9.80 Å². The van der Waals surface area contributed by atoms with Gasteiger partial charge < -0.3 is 24.5 Å². The van der Waals surface area contributed by atoms with Crippen molar-refractivity contribution in [1.29, 1.82) is 0 Å². The van der Waals surface area contributed by atoms with Crippen LogP contribution in [0.25, 0.3) is 10.8 Å². The zero-order valence-corrected chi connectivity index (χ0v) is 24.3. The van der Waals surface area contributed by atoms with Gasteiger partial charge in [0.05, 0.1) is 24.0 Å². The number of rotatable bonds is 11. The maximum atomic E-state index is 14.7. The smallest absolute Gasteiger partial charge is 0.253 e. The van der Waals surface area contributed by atoms with E-state index in [9.17, 15) is 19.5 Å². The first-order valence-corrected chi connectivity index (χ1v) is 14.6. The molecule has 3 amide bonds. The van der Waals surface area contributed by atoms with Gasteiger partial charge in [-0.05, 0) is 48.6 Å². The molecule has 0 radical (unpaired) electrons. The average molecular weight is 560 g/mol. The maximum Gasteiger partial charge on any atom is 0.253 e. The first-order chi connectivity index (χ1) is 19.7. The van der Waals surface area contributed by atoms with E-state index in [-0.39, 0.29) is 43.3 Å². The molecular weight excluding hydrogens is 518 g/mol. The number of aliphatic hydroxyl groups excluding tert-OH is 1. The molecule has 2 bridgehead atoms. The van der Waals surface area contributed by atoms with Crippen LogP contribution in [0.3, 0.4) is 0 Å². The van der Waals surface area contributed by atoms with E-state index in [1.807, 2.05) is 63.2 Å². The van der Waals surface area contributed by atoms with Crippen LogP contribution >= 0.6 is 0 Å². The van der Waals surface area contributed by atoms with Crippen LogP contribution in [-0.4, -0.2) is 82.7 Å². The third-order valence-electron chi connectivity index (χ3n) is 9.43. The van der Waals surface area contributed by atoms with E-state index < -0.39 is 29.1 Å². The van der Waals surface area contributed by atoms with Crippen molar-refractivity contribution in [3.63, 3.8) is 0 Å². The van der Waals surface area contributed by atoms with Crippen LogP contribution < -0.4 is 4.90 Å². The maximum absolute atomic E-state index is 14.7. The van der Waals surface area contributed by atoms with Gasteiger partial charge >= 0.3 is 0 Å². The number of carbonyl (C=O) groups is 3. The molecule has 0 saturated carbocycles. The molecule has 0 aromatic heterocycles. The average Bonchev–Trinajstić information content (AvgIpc) is 3.47. The van der Waals surface area contributed by atoms with E-state index in [1.165, 1.54) is 4.90 Å². The number of fused-ring (bicyclic) bond motifs is 2. The van der Waals surface area contributed by atoms with Crippen LogP contribution in [0.4, 0.5) is 5.69 Å². The van der Waals surface area contributed by atoms with Crippen molar-refractivity contribution in [3.8, 4) is 0 Å². The molecule has 3 aliphatic heterocycles. The number of hydrogen-bond acceptors (Lipinski definition) is 5. The fourth-order valence-corrected chi connectivity index (χ4v) is 7.60. The van der Waals surface area contributed by atoms with E-state index >= 15 is 0 Å². The summed E-state index contributed by atoms with van der Waals surface area (Å²) in [6, 6.07) is 12.8. The lowest BCUT2D eigenvalue weighted by Gasteiger charge is -2.39. The molecule has 3 aliphatic rings. The Morgan fingerprint density at radius 1 is 1.12 bits per heavy atom. The van der Waals surface area contributed by atoms with Gasteiger partial charge in [-0.3, -0.25) is 14.4 Å². The second-order valence-corrected chi connectivity index (χ2v) is 11.8. The topological polar surface area (TPSA) is 90.4 Å². The van der Waals surface area contributed by atoms with Gasteiger partial charge in [0.15, 0.2) is 0 Å². The molecule has 2 aromatic carbocycles. The number of likely N-dealkylation sites (tertiary alicyclic amines) is 1. The highest BCUT2D eigenvalue weighted by atomic mass is 16.5. The normalized spacial score (nSPS) is 30.0. The molecule has 2 aromatic rings. The Bertz CT molecular complexity index is 1380. The largest absolute Gasteiger partial charge is 0.395 e. The third-order valence-corrected chi connectivity index (χ3v) is 9.43. The van der Waals surface area contributed by atoms with Crippen LogP contribution in [0, 0.1) is 17.8 Å². The van der Waals surface area contributed by atoms with Crippen molar-refractivity contribution < 1.29 is 24.2 Å². The number of hydrogen-bond donors (Lipinski definition) is 1. The van der Waals surface area contributed by atoms with E-state index in [2.05, 4.69) is 13.2 Å². The van der Waals surface area contributed by atoms with Gasteiger partial charge in [-0.1, -0.05) is 56.3 Å². The standard InChI is InChI=1S/C33H41N3O5/c1-6-15-34(16-7-2)29(38)26-27-30(39)36(18-19-37)28(33(27)21-22(4)32(26,5)41-33)31(40)35(17-8-3)25-14-13-23-11-9-10-12-24(23)20-25/h6,8-14,20,22,26-28,37H,1,3,7,15-19,21H2,2,4-5H3/t22?,26-,27-,28?,32+,33?/m0/s1. The molecule has 3 unspecified atom stereocenters. The Kier molecular flexibility index (Phi) is 7.83. The van der Waals surface area contributed by atoms with Crippen molar-refractivity contribution >= 4 is 34.2 Å². The zero-order valence-electron chi connectivity index (χ0n) is 24.3. The van der Waals surface area contributed by atoms with Crippen LogP contribution in [-0.2, 0) is 19.1 Å². The summed E-state index contributed by atoms with van der Waals surface area (Å²) in [7, 11) is 0. The van der Waals surface area contributed by atoms with Crippen LogP contribution in [0.5, 0.6) is 0 Å². The lowest BCUT2D eigenvalue weighted by atomic mass is 9.62.